The Balaban J connectivity index is 1.76. The Bertz CT molecular complexity index is 1850. The quantitative estimate of drug-likeness (QED) is 0.217. The Morgan fingerprint density at radius 1 is 0.559 bits per heavy atom. The highest BCUT2D eigenvalue weighted by Gasteiger charge is 2.19. The Kier molecular flexibility index (Phi) is 4.33. The van der Waals surface area contributed by atoms with Gasteiger partial charge in [0.2, 0.25) is 0 Å². The van der Waals surface area contributed by atoms with E-state index in [0.717, 1.165) is 32.3 Å². The third-order valence-electron chi connectivity index (χ3n) is 6.63. The van der Waals surface area contributed by atoms with Crippen molar-refractivity contribution in [3.05, 3.63) is 120 Å². The molecule has 0 saturated carbocycles. The number of aromatic nitrogens is 2. The lowest BCUT2D eigenvalue weighted by Crippen LogP contribution is -1.96. The van der Waals surface area contributed by atoms with Gasteiger partial charge in [0.25, 0.3) is 0 Å². The fourth-order valence-electron chi connectivity index (χ4n) is 5.16. The predicted octanol–water partition coefficient (Wildman–Crippen LogP) is 8.91. The number of para-hydroxylation sites is 3. The standard InChI is InChI=1S/C31H19BrN2/c32-21-16-14-20(15-17-21)30-26-19-18-24-23-10-5-7-13-28(23)34(22-8-2-1-3-9-22)31(24)29(26)25-11-4-6-12-27(25)33-30/h1-19H. The zero-order valence-electron chi connectivity index (χ0n) is 18.2. The van der Waals surface area contributed by atoms with E-state index in [-0.39, 0.29) is 0 Å². The molecule has 0 N–H and O–H groups in total. The lowest BCUT2D eigenvalue weighted by molar-refractivity contribution is 1.19. The summed E-state index contributed by atoms with van der Waals surface area (Å²) in [6.45, 7) is 0. The maximum absolute atomic E-state index is 5.14. The number of benzene rings is 5. The van der Waals surface area contributed by atoms with Crippen molar-refractivity contribution in [2.24, 2.45) is 0 Å². The zero-order chi connectivity index (χ0) is 22.6. The highest BCUT2D eigenvalue weighted by atomic mass is 79.9. The molecular weight excluding hydrogens is 480 g/mol. The number of nitrogens with zero attached hydrogens (tertiary/aromatic N) is 2. The second kappa shape index (κ2) is 7.54. The van der Waals surface area contributed by atoms with Gasteiger partial charge in [-0.2, -0.15) is 0 Å². The SMILES string of the molecule is Brc1ccc(-c2nc3ccccc3c3c2ccc2c4ccccc4n(-c4ccccc4)c23)cc1. The summed E-state index contributed by atoms with van der Waals surface area (Å²) in [5.74, 6) is 0. The summed E-state index contributed by atoms with van der Waals surface area (Å²) in [6, 6.07) is 40.8. The second-order valence-electron chi connectivity index (χ2n) is 8.56. The molecule has 34 heavy (non-hydrogen) atoms. The van der Waals surface area contributed by atoms with E-state index in [0.29, 0.717) is 0 Å². The first-order valence-corrected chi connectivity index (χ1v) is 12.1. The van der Waals surface area contributed by atoms with Gasteiger partial charge in [-0.25, -0.2) is 4.98 Å². The van der Waals surface area contributed by atoms with Gasteiger partial charge in [0.1, 0.15) is 0 Å². The molecule has 7 rings (SSSR count). The Hall–Kier alpha value is -3.95. The van der Waals surface area contributed by atoms with Crippen LogP contribution in [0.3, 0.4) is 0 Å². The van der Waals surface area contributed by atoms with Crippen LogP contribution < -0.4 is 0 Å². The van der Waals surface area contributed by atoms with Crippen molar-refractivity contribution >= 4 is 59.4 Å². The van der Waals surface area contributed by atoms with Crippen molar-refractivity contribution in [2.45, 2.75) is 0 Å². The van der Waals surface area contributed by atoms with Crippen molar-refractivity contribution in [3.8, 4) is 16.9 Å². The van der Waals surface area contributed by atoms with Gasteiger partial charge in [-0.05, 0) is 36.4 Å². The number of halogens is 1. The first-order chi connectivity index (χ1) is 16.8. The molecule has 0 unspecified atom stereocenters. The molecule has 2 heterocycles. The van der Waals surface area contributed by atoms with E-state index in [4.69, 9.17) is 4.98 Å². The van der Waals surface area contributed by atoms with E-state index in [1.165, 1.54) is 32.6 Å². The van der Waals surface area contributed by atoms with E-state index in [1.54, 1.807) is 0 Å². The molecule has 0 spiro atoms. The molecule has 160 valence electrons. The number of rotatable bonds is 2. The average molecular weight is 499 g/mol. The molecule has 0 aliphatic carbocycles. The van der Waals surface area contributed by atoms with Gasteiger partial charge in [-0.3, -0.25) is 0 Å². The molecule has 7 aromatic rings. The van der Waals surface area contributed by atoms with Crippen LogP contribution in [0.15, 0.2) is 120 Å². The number of hydrogen-bond donors (Lipinski definition) is 0. The lowest BCUT2D eigenvalue weighted by atomic mass is 9.97. The van der Waals surface area contributed by atoms with Crippen molar-refractivity contribution in [1.29, 1.82) is 0 Å². The van der Waals surface area contributed by atoms with Crippen LogP contribution in [0.1, 0.15) is 0 Å². The molecule has 2 nitrogen and oxygen atoms in total. The average Bonchev–Trinajstić information content (AvgIpc) is 3.24. The minimum Gasteiger partial charge on any atom is -0.309 e. The fraction of sp³-hybridized carbons (Fsp3) is 0. The maximum Gasteiger partial charge on any atom is 0.0788 e. The number of pyridine rings is 1. The van der Waals surface area contributed by atoms with Crippen LogP contribution in [0, 0.1) is 0 Å². The second-order valence-corrected chi connectivity index (χ2v) is 9.47. The molecule has 0 aliphatic heterocycles. The fourth-order valence-corrected chi connectivity index (χ4v) is 5.43. The van der Waals surface area contributed by atoms with E-state index in [1.807, 2.05) is 0 Å². The summed E-state index contributed by atoms with van der Waals surface area (Å²) in [5, 5.41) is 6.08. The van der Waals surface area contributed by atoms with E-state index < -0.39 is 0 Å². The molecule has 0 radical (unpaired) electrons. The van der Waals surface area contributed by atoms with Gasteiger partial charge < -0.3 is 4.57 Å². The van der Waals surface area contributed by atoms with E-state index in [9.17, 15) is 0 Å². The van der Waals surface area contributed by atoms with Crippen LogP contribution in [0.25, 0.3) is 60.4 Å². The molecule has 0 saturated heterocycles. The van der Waals surface area contributed by atoms with Crippen molar-refractivity contribution < 1.29 is 0 Å². The van der Waals surface area contributed by atoms with Gasteiger partial charge in [0.05, 0.1) is 22.2 Å². The predicted molar refractivity (Wildman–Crippen MR) is 147 cm³/mol. The molecule has 0 atom stereocenters. The summed E-state index contributed by atoms with van der Waals surface area (Å²) >= 11 is 3.57. The van der Waals surface area contributed by atoms with Gasteiger partial charge >= 0.3 is 0 Å². The van der Waals surface area contributed by atoms with Crippen LogP contribution in [0.2, 0.25) is 0 Å². The molecule has 3 heteroatoms. The third kappa shape index (κ3) is 2.84. The lowest BCUT2D eigenvalue weighted by Gasteiger charge is -2.14. The van der Waals surface area contributed by atoms with Gasteiger partial charge in [-0.15, -0.1) is 0 Å². The Labute approximate surface area is 205 Å². The highest BCUT2D eigenvalue weighted by molar-refractivity contribution is 9.10. The monoisotopic (exact) mass is 498 g/mol. The van der Waals surface area contributed by atoms with Crippen molar-refractivity contribution in [2.75, 3.05) is 0 Å². The van der Waals surface area contributed by atoms with Crippen molar-refractivity contribution in [3.63, 3.8) is 0 Å². The summed E-state index contributed by atoms with van der Waals surface area (Å²) in [4.78, 5) is 5.14. The molecule has 0 bridgehead atoms. The van der Waals surface area contributed by atoms with Crippen LogP contribution in [0.4, 0.5) is 0 Å². The summed E-state index contributed by atoms with van der Waals surface area (Å²) in [6.07, 6.45) is 0. The minimum atomic E-state index is 1.00. The minimum absolute atomic E-state index is 1.00. The van der Waals surface area contributed by atoms with Crippen LogP contribution in [-0.4, -0.2) is 9.55 Å². The van der Waals surface area contributed by atoms with Gasteiger partial charge in [0, 0.05) is 42.7 Å². The molecule has 5 aromatic carbocycles. The normalized spacial score (nSPS) is 11.7. The number of fused-ring (bicyclic) bond motifs is 7. The third-order valence-corrected chi connectivity index (χ3v) is 7.16. The zero-order valence-corrected chi connectivity index (χ0v) is 19.8. The van der Waals surface area contributed by atoms with Crippen molar-refractivity contribution in [1.82, 2.24) is 9.55 Å². The molecule has 0 amide bonds. The maximum atomic E-state index is 5.14. The van der Waals surface area contributed by atoms with Crippen LogP contribution in [0.5, 0.6) is 0 Å². The Morgan fingerprint density at radius 2 is 1.24 bits per heavy atom. The van der Waals surface area contributed by atoms with Gasteiger partial charge in [-0.1, -0.05) is 94.8 Å². The van der Waals surface area contributed by atoms with E-state index >= 15 is 0 Å². The van der Waals surface area contributed by atoms with Crippen LogP contribution >= 0.6 is 15.9 Å². The topological polar surface area (TPSA) is 17.8 Å². The molecular formula is C31H19BrN2. The van der Waals surface area contributed by atoms with E-state index in [2.05, 4.69) is 136 Å². The Morgan fingerprint density at radius 3 is 2.06 bits per heavy atom. The summed E-state index contributed by atoms with van der Waals surface area (Å²) < 4.78 is 3.47. The first-order valence-electron chi connectivity index (χ1n) is 11.4. The number of hydrogen-bond acceptors (Lipinski definition) is 1. The molecule has 0 fully saturated rings. The first kappa shape index (κ1) is 19.5. The largest absolute Gasteiger partial charge is 0.309 e. The summed E-state index contributed by atoms with van der Waals surface area (Å²) in [5.41, 5.74) is 6.72. The smallest absolute Gasteiger partial charge is 0.0788 e. The van der Waals surface area contributed by atoms with Crippen LogP contribution in [-0.2, 0) is 0 Å². The molecule has 0 aliphatic rings. The summed E-state index contributed by atoms with van der Waals surface area (Å²) in [7, 11) is 0. The van der Waals surface area contributed by atoms with Gasteiger partial charge in [0.15, 0.2) is 0 Å². The molecule has 2 aromatic heterocycles. The highest BCUT2D eigenvalue weighted by Crippen LogP contribution is 2.41.